The van der Waals surface area contributed by atoms with E-state index in [1.807, 2.05) is 12.1 Å². The van der Waals surface area contributed by atoms with Gasteiger partial charge in [-0.1, -0.05) is 24.3 Å². The van der Waals surface area contributed by atoms with E-state index in [1.54, 1.807) is 12.1 Å². The summed E-state index contributed by atoms with van der Waals surface area (Å²) >= 11 is 0. The van der Waals surface area contributed by atoms with Gasteiger partial charge in [-0.25, -0.2) is 4.79 Å². The summed E-state index contributed by atoms with van der Waals surface area (Å²) in [5.41, 5.74) is 2.70. The fraction of sp³-hybridized carbons (Fsp3) is 0.316. The highest BCUT2D eigenvalue weighted by Gasteiger charge is 2.31. The lowest BCUT2D eigenvalue weighted by atomic mass is 9.97. The number of alkyl halides is 3. The SMILES string of the molecule is O=C(O)NC1CCc2cc(Cc3cc(CO)cc(C(F)(F)F)c3)ccc21. The number of aliphatic hydroxyl groups excluding tert-OH is 1. The maximum absolute atomic E-state index is 13.0. The molecule has 0 spiro atoms. The van der Waals surface area contributed by atoms with Gasteiger partial charge in [0.1, 0.15) is 0 Å². The second kappa shape index (κ2) is 6.99. The molecule has 0 fully saturated rings. The van der Waals surface area contributed by atoms with Gasteiger partial charge in [-0.2, -0.15) is 13.2 Å². The minimum Gasteiger partial charge on any atom is -0.465 e. The molecule has 0 saturated heterocycles. The van der Waals surface area contributed by atoms with E-state index in [2.05, 4.69) is 5.32 Å². The van der Waals surface area contributed by atoms with Crippen LogP contribution in [0.1, 0.15) is 45.8 Å². The average Bonchev–Trinajstić information content (AvgIpc) is 2.95. The molecule has 0 radical (unpaired) electrons. The van der Waals surface area contributed by atoms with E-state index in [9.17, 15) is 23.1 Å². The van der Waals surface area contributed by atoms with Crippen LogP contribution in [0.4, 0.5) is 18.0 Å². The molecule has 0 saturated carbocycles. The minimum atomic E-state index is -4.46. The summed E-state index contributed by atoms with van der Waals surface area (Å²) in [6.45, 7) is -0.455. The van der Waals surface area contributed by atoms with Crippen LogP contribution < -0.4 is 5.32 Å². The molecule has 138 valence electrons. The summed E-state index contributed by atoms with van der Waals surface area (Å²) in [5.74, 6) is 0. The third kappa shape index (κ3) is 3.99. The zero-order valence-corrected chi connectivity index (χ0v) is 13.8. The van der Waals surface area contributed by atoms with E-state index in [4.69, 9.17) is 5.11 Å². The van der Waals surface area contributed by atoms with Crippen LogP contribution in [0, 0.1) is 0 Å². The summed E-state index contributed by atoms with van der Waals surface area (Å²) in [7, 11) is 0. The number of benzene rings is 2. The molecule has 3 N–H and O–H groups in total. The van der Waals surface area contributed by atoms with Crippen LogP contribution in [0.15, 0.2) is 36.4 Å². The number of aliphatic hydroxyl groups is 1. The first-order valence-corrected chi connectivity index (χ1v) is 8.18. The first kappa shape index (κ1) is 18.3. The number of aryl methyl sites for hydroxylation is 1. The molecule has 1 atom stereocenters. The fourth-order valence-electron chi connectivity index (χ4n) is 3.44. The van der Waals surface area contributed by atoms with E-state index in [0.717, 1.165) is 35.2 Å². The van der Waals surface area contributed by atoms with Crippen LogP contribution in [0.5, 0.6) is 0 Å². The molecular formula is C19H18F3NO3. The van der Waals surface area contributed by atoms with Gasteiger partial charge in [0.05, 0.1) is 18.2 Å². The van der Waals surface area contributed by atoms with Crippen molar-refractivity contribution in [2.75, 3.05) is 0 Å². The summed E-state index contributed by atoms with van der Waals surface area (Å²) in [4.78, 5) is 10.8. The van der Waals surface area contributed by atoms with Crippen LogP contribution in [-0.2, 0) is 25.6 Å². The molecular weight excluding hydrogens is 347 g/mol. The Morgan fingerprint density at radius 3 is 2.50 bits per heavy atom. The Bertz CT molecular complexity index is 833. The van der Waals surface area contributed by atoms with Crippen LogP contribution in [0.2, 0.25) is 0 Å². The number of hydrogen-bond acceptors (Lipinski definition) is 2. The normalized spacial score (nSPS) is 16.4. The molecule has 26 heavy (non-hydrogen) atoms. The number of halogens is 3. The average molecular weight is 365 g/mol. The number of nitrogens with one attached hydrogen (secondary N) is 1. The standard InChI is InChI=1S/C19H18F3NO3/c20-19(21,22)15-8-12(6-13(9-15)10-24)5-11-1-3-16-14(7-11)2-4-17(16)23-18(25)26/h1,3,6-9,17,23-24H,2,4-5,10H2,(H,25,26). The number of hydrogen-bond donors (Lipinski definition) is 3. The molecule has 1 aliphatic rings. The molecule has 1 amide bonds. The number of carbonyl (C=O) groups is 1. The van der Waals surface area contributed by atoms with Gasteiger partial charge in [0.25, 0.3) is 0 Å². The summed E-state index contributed by atoms with van der Waals surface area (Å²) in [5, 5.41) is 20.6. The molecule has 3 rings (SSSR count). The lowest BCUT2D eigenvalue weighted by Crippen LogP contribution is -2.24. The van der Waals surface area contributed by atoms with E-state index >= 15 is 0 Å². The maximum atomic E-state index is 13.0. The van der Waals surface area contributed by atoms with Crippen LogP contribution in [0.25, 0.3) is 0 Å². The first-order valence-electron chi connectivity index (χ1n) is 8.18. The lowest BCUT2D eigenvalue weighted by Gasteiger charge is -2.13. The van der Waals surface area contributed by atoms with E-state index in [0.29, 0.717) is 18.4 Å². The maximum Gasteiger partial charge on any atom is 0.416 e. The monoisotopic (exact) mass is 365 g/mol. The van der Waals surface area contributed by atoms with Crippen molar-refractivity contribution in [3.8, 4) is 0 Å². The van der Waals surface area contributed by atoms with Crippen LogP contribution >= 0.6 is 0 Å². The summed E-state index contributed by atoms with van der Waals surface area (Å²) in [6, 6.07) is 8.93. The quantitative estimate of drug-likeness (QED) is 0.766. The van der Waals surface area contributed by atoms with Crippen LogP contribution in [0.3, 0.4) is 0 Å². The Hall–Kier alpha value is -2.54. The molecule has 2 aromatic rings. The van der Waals surface area contributed by atoms with Gasteiger partial charge < -0.3 is 15.5 Å². The molecule has 0 heterocycles. The van der Waals surface area contributed by atoms with Gasteiger partial charge in [-0.15, -0.1) is 0 Å². The smallest absolute Gasteiger partial charge is 0.416 e. The highest BCUT2D eigenvalue weighted by atomic mass is 19.4. The van der Waals surface area contributed by atoms with Crippen molar-refractivity contribution >= 4 is 6.09 Å². The van der Waals surface area contributed by atoms with Gasteiger partial charge in [-0.05, 0) is 59.2 Å². The van der Waals surface area contributed by atoms with Gasteiger partial charge >= 0.3 is 12.3 Å². The summed E-state index contributed by atoms with van der Waals surface area (Å²) in [6.07, 6.45) is -3.84. The molecule has 0 aromatic heterocycles. The number of fused-ring (bicyclic) bond motifs is 1. The molecule has 1 aliphatic carbocycles. The van der Waals surface area contributed by atoms with Gasteiger partial charge in [-0.3, -0.25) is 0 Å². The van der Waals surface area contributed by atoms with Crippen molar-refractivity contribution in [2.45, 2.75) is 38.1 Å². The number of rotatable bonds is 4. The Balaban J connectivity index is 1.85. The number of carboxylic acid groups (broad SMARTS) is 1. The van der Waals surface area contributed by atoms with E-state index < -0.39 is 24.4 Å². The predicted octanol–water partition coefficient (Wildman–Crippen LogP) is 4.04. The molecule has 0 aliphatic heterocycles. The predicted molar refractivity (Wildman–Crippen MR) is 88.8 cm³/mol. The fourth-order valence-corrected chi connectivity index (χ4v) is 3.44. The zero-order chi connectivity index (χ0) is 18.9. The van der Waals surface area contributed by atoms with E-state index in [-0.39, 0.29) is 11.6 Å². The number of amides is 1. The van der Waals surface area contributed by atoms with Crippen LogP contribution in [-0.4, -0.2) is 16.3 Å². The van der Waals surface area contributed by atoms with Crippen molar-refractivity contribution in [3.63, 3.8) is 0 Å². The molecule has 0 bridgehead atoms. The summed E-state index contributed by atoms with van der Waals surface area (Å²) < 4.78 is 39.0. The molecule has 1 unspecified atom stereocenters. The molecule has 7 heteroatoms. The van der Waals surface area contributed by atoms with Crippen molar-refractivity contribution in [3.05, 3.63) is 69.8 Å². The Labute approximate surface area is 148 Å². The van der Waals surface area contributed by atoms with Gasteiger partial charge in [0, 0.05) is 0 Å². The highest BCUT2D eigenvalue weighted by Crippen LogP contribution is 2.34. The minimum absolute atomic E-state index is 0.224. The highest BCUT2D eigenvalue weighted by molar-refractivity contribution is 5.65. The largest absolute Gasteiger partial charge is 0.465 e. The Kier molecular flexibility index (Phi) is 4.91. The first-order chi connectivity index (χ1) is 12.3. The third-order valence-electron chi connectivity index (χ3n) is 4.55. The second-order valence-corrected chi connectivity index (χ2v) is 6.44. The Morgan fingerprint density at radius 1 is 1.12 bits per heavy atom. The Morgan fingerprint density at radius 2 is 1.85 bits per heavy atom. The van der Waals surface area contributed by atoms with Gasteiger partial charge in [0.2, 0.25) is 0 Å². The van der Waals surface area contributed by atoms with Crippen molar-refractivity contribution in [2.24, 2.45) is 0 Å². The van der Waals surface area contributed by atoms with Crippen molar-refractivity contribution in [1.82, 2.24) is 5.32 Å². The van der Waals surface area contributed by atoms with Crippen molar-refractivity contribution < 1.29 is 28.2 Å². The lowest BCUT2D eigenvalue weighted by molar-refractivity contribution is -0.137. The topological polar surface area (TPSA) is 69.6 Å². The molecule has 4 nitrogen and oxygen atoms in total. The van der Waals surface area contributed by atoms with Gasteiger partial charge in [0.15, 0.2) is 0 Å². The second-order valence-electron chi connectivity index (χ2n) is 6.44. The molecule has 2 aromatic carbocycles. The zero-order valence-electron chi connectivity index (χ0n) is 13.8. The van der Waals surface area contributed by atoms with Crippen molar-refractivity contribution in [1.29, 1.82) is 0 Å². The van der Waals surface area contributed by atoms with E-state index in [1.165, 1.54) is 0 Å². The third-order valence-corrected chi connectivity index (χ3v) is 4.55.